The molecule has 3 amide bonds. The largest absolute Gasteiger partial charge is 0.489 e. The van der Waals surface area contributed by atoms with Gasteiger partial charge in [-0.15, -0.1) is 11.8 Å². The number of nitrogens with one attached hydrogen (secondary N) is 3. The van der Waals surface area contributed by atoms with E-state index < -0.39 is 11.8 Å². The van der Waals surface area contributed by atoms with Crippen LogP contribution in [0.3, 0.4) is 0 Å². The highest BCUT2D eigenvalue weighted by Crippen LogP contribution is 2.30. The zero-order valence-corrected chi connectivity index (χ0v) is 28.9. The van der Waals surface area contributed by atoms with Gasteiger partial charge in [0.15, 0.2) is 0 Å². The highest BCUT2D eigenvalue weighted by Gasteiger charge is 2.20. The number of hydrogen-bond donors (Lipinski definition) is 3. The van der Waals surface area contributed by atoms with E-state index in [9.17, 15) is 14.4 Å². The first kappa shape index (κ1) is 34.7. The van der Waals surface area contributed by atoms with Crippen molar-refractivity contribution < 1.29 is 19.1 Å². The Labute approximate surface area is 301 Å². The summed E-state index contributed by atoms with van der Waals surface area (Å²) in [5.74, 6) is -0.321. The van der Waals surface area contributed by atoms with Crippen LogP contribution in [0.2, 0.25) is 0 Å². The highest BCUT2D eigenvalue weighted by molar-refractivity contribution is 8.00. The van der Waals surface area contributed by atoms with Crippen LogP contribution < -0.4 is 20.7 Å². The fourth-order valence-corrected chi connectivity index (χ4v) is 6.40. The van der Waals surface area contributed by atoms with E-state index in [2.05, 4.69) is 16.0 Å². The number of hydrogen-bond acceptors (Lipinski definition) is 5. The molecular formula is C43H37N3O4S. The van der Waals surface area contributed by atoms with Gasteiger partial charge in [0.05, 0.1) is 5.25 Å². The molecule has 0 spiro atoms. The van der Waals surface area contributed by atoms with Gasteiger partial charge < -0.3 is 20.7 Å². The van der Waals surface area contributed by atoms with Gasteiger partial charge in [-0.3, -0.25) is 14.4 Å². The van der Waals surface area contributed by atoms with Crippen LogP contribution in [0.15, 0.2) is 162 Å². The van der Waals surface area contributed by atoms with Crippen molar-refractivity contribution in [3.63, 3.8) is 0 Å². The first-order valence-corrected chi connectivity index (χ1v) is 17.5. The summed E-state index contributed by atoms with van der Waals surface area (Å²) in [6, 6.07) is 47.0. The lowest BCUT2D eigenvalue weighted by Gasteiger charge is -2.17. The smallest absolute Gasteiger partial charge is 0.272 e. The monoisotopic (exact) mass is 691 g/mol. The average Bonchev–Trinajstić information content (AvgIpc) is 3.17. The molecule has 0 heterocycles. The summed E-state index contributed by atoms with van der Waals surface area (Å²) in [4.78, 5) is 41.1. The minimum atomic E-state index is -0.494. The summed E-state index contributed by atoms with van der Waals surface area (Å²) in [6.45, 7) is 2.41. The van der Waals surface area contributed by atoms with E-state index in [4.69, 9.17) is 4.74 Å². The first-order valence-electron chi connectivity index (χ1n) is 16.7. The minimum Gasteiger partial charge on any atom is -0.489 e. The molecule has 8 heteroatoms. The van der Waals surface area contributed by atoms with E-state index in [1.807, 2.05) is 128 Å². The van der Waals surface area contributed by atoms with Gasteiger partial charge >= 0.3 is 0 Å². The van der Waals surface area contributed by atoms with Gasteiger partial charge in [-0.05, 0) is 77.5 Å². The third kappa shape index (κ3) is 9.53. The number of thioether (sulfide) groups is 1. The summed E-state index contributed by atoms with van der Waals surface area (Å²) in [5.41, 5.74) is 3.55. The normalized spacial score (nSPS) is 11.7. The standard InChI is InChI=1S/C43H37N3O4S/c1-2-40(43(49)45-38-22-11-18-32-15-9-10-21-37(32)38)51-36-20-12-19-34(28-36)44-42(48)39(46-41(47)33-16-7-4-8-17-33)27-30-23-25-35(26-24-30)50-29-31-13-5-3-6-14-31/h3-28,40H,2,29H2,1H3,(H,44,48)(H,45,49)(H,46,47)/b39-27+. The zero-order valence-electron chi connectivity index (χ0n) is 28.0. The number of carbonyl (C=O) groups is 3. The molecule has 0 fully saturated rings. The molecule has 51 heavy (non-hydrogen) atoms. The van der Waals surface area contributed by atoms with Crippen LogP contribution in [-0.4, -0.2) is 23.0 Å². The first-order chi connectivity index (χ1) is 24.9. The Hall–Kier alpha value is -6.12. The molecule has 0 saturated heterocycles. The maximum atomic E-state index is 13.7. The molecule has 1 atom stereocenters. The Morgan fingerprint density at radius 3 is 2.18 bits per heavy atom. The molecule has 0 aliphatic rings. The minimum absolute atomic E-state index is 0.0702. The van der Waals surface area contributed by atoms with Gasteiger partial charge in [0.25, 0.3) is 11.8 Å². The zero-order chi connectivity index (χ0) is 35.4. The molecule has 0 saturated carbocycles. The van der Waals surface area contributed by atoms with E-state index in [-0.39, 0.29) is 16.9 Å². The van der Waals surface area contributed by atoms with E-state index >= 15 is 0 Å². The molecule has 0 bridgehead atoms. The number of amides is 3. The van der Waals surface area contributed by atoms with Crippen LogP contribution in [0.1, 0.15) is 34.8 Å². The molecule has 6 aromatic carbocycles. The topological polar surface area (TPSA) is 96.5 Å². The number of carbonyl (C=O) groups excluding carboxylic acids is 3. The molecule has 0 radical (unpaired) electrons. The Bertz CT molecular complexity index is 2150. The van der Waals surface area contributed by atoms with Crippen LogP contribution in [-0.2, 0) is 16.2 Å². The van der Waals surface area contributed by atoms with Crippen molar-refractivity contribution in [3.05, 3.63) is 174 Å². The lowest BCUT2D eigenvalue weighted by molar-refractivity contribution is -0.116. The molecule has 0 aliphatic heterocycles. The average molecular weight is 692 g/mol. The number of anilines is 2. The fourth-order valence-electron chi connectivity index (χ4n) is 5.39. The van der Waals surface area contributed by atoms with Crippen molar-refractivity contribution >= 4 is 57.7 Å². The second-order valence-electron chi connectivity index (χ2n) is 11.7. The third-order valence-electron chi connectivity index (χ3n) is 8.05. The summed E-state index contributed by atoms with van der Waals surface area (Å²) >= 11 is 1.43. The molecule has 0 aromatic heterocycles. The Morgan fingerprint density at radius 1 is 0.725 bits per heavy atom. The van der Waals surface area contributed by atoms with Gasteiger partial charge in [-0.25, -0.2) is 0 Å². The highest BCUT2D eigenvalue weighted by atomic mass is 32.2. The summed E-state index contributed by atoms with van der Waals surface area (Å²) < 4.78 is 5.91. The van der Waals surface area contributed by atoms with Crippen molar-refractivity contribution in [1.29, 1.82) is 0 Å². The number of fused-ring (bicyclic) bond motifs is 1. The molecule has 1 unspecified atom stereocenters. The molecule has 3 N–H and O–H groups in total. The van der Waals surface area contributed by atoms with Gasteiger partial charge in [-0.2, -0.15) is 0 Å². The van der Waals surface area contributed by atoms with Gasteiger partial charge in [0.2, 0.25) is 5.91 Å². The van der Waals surface area contributed by atoms with E-state index in [0.29, 0.717) is 35.6 Å². The summed E-state index contributed by atoms with van der Waals surface area (Å²) in [7, 11) is 0. The van der Waals surface area contributed by atoms with E-state index in [0.717, 1.165) is 26.9 Å². The van der Waals surface area contributed by atoms with Crippen molar-refractivity contribution in [1.82, 2.24) is 5.32 Å². The quantitative estimate of drug-likeness (QED) is 0.0829. The van der Waals surface area contributed by atoms with Gasteiger partial charge in [0.1, 0.15) is 18.1 Å². The molecule has 7 nitrogen and oxygen atoms in total. The summed E-state index contributed by atoms with van der Waals surface area (Å²) in [6.07, 6.45) is 2.23. The molecule has 6 aromatic rings. The predicted octanol–water partition coefficient (Wildman–Crippen LogP) is 9.34. The van der Waals surface area contributed by atoms with Crippen LogP contribution in [0, 0.1) is 0 Å². The van der Waals surface area contributed by atoms with Crippen LogP contribution in [0.5, 0.6) is 5.75 Å². The second-order valence-corrected chi connectivity index (χ2v) is 13.0. The predicted molar refractivity (Wildman–Crippen MR) is 207 cm³/mol. The second kappa shape index (κ2) is 17.0. The van der Waals surface area contributed by atoms with Crippen molar-refractivity contribution in [3.8, 4) is 5.75 Å². The number of ether oxygens (including phenoxy) is 1. The van der Waals surface area contributed by atoms with Gasteiger partial charge in [-0.1, -0.05) is 110 Å². The lowest BCUT2D eigenvalue weighted by Crippen LogP contribution is -2.30. The maximum absolute atomic E-state index is 13.7. The SMILES string of the molecule is CCC(Sc1cccc(NC(=O)/C(=C\c2ccc(OCc3ccccc3)cc2)NC(=O)c2ccccc2)c1)C(=O)Nc1cccc2ccccc12. The molecule has 6 rings (SSSR count). The van der Waals surface area contributed by atoms with Crippen molar-refractivity contribution in [2.45, 2.75) is 30.1 Å². The van der Waals surface area contributed by atoms with Gasteiger partial charge in [0, 0.05) is 27.2 Å². The number of benzene rings is 6. The Balaban J connectivity index is 1.16. The number of rotatable bonds is 13. The lowest BCUT2D eigenvalue weighted by atomic mass is 10.1. The maximum Gasteiger partial charge on any atom is 0.272 e. The van der Waals surface area contributed by atoms with Crippen molar-refractivity contribution in [2.75, 3.05) is 10.6 Å². The Morgan fingerprint density at radius 2 is 1.41 bits per heavy atom. The summed E-state index contributed by atoms with van der Waals surface area (Å²) in [5, 5.41) is 10.5. The van der Waals surface area contributed by atoms with Crippen LogP contribution in [0.4, 0.5) is 11.4 Å². The Kier molecular flexibility index (Phi) is 11.6. The molecule has 254 valence electrons. The fraction of sp³-hybridized carbons (Fsp3) is 0.0930. The molecule has 0 aliphatic carbocycles. The third-order valence-corrected chi connectivity index (χ3v) is 9.41. The van der Waals surface area contributed by atoms with E-state index in [1.165, 1.54) is 11.8 Å². The molecular weight excluding hydrogens is 655 g/mol. The van der Waals surface area contributed by atoms with E-state index in [1.54, 1.807) is 36.4 Å². The van der Waals surface area contributed by atoms with Crippen LogP contribution >= 0.6 is 11.8 Å². The van der Waals surface area contributed by atoms with Crippen LogP contribution in [0.25, 0.3) is 16.8 Å². The van der Waals surface area contributed by atoms with Crippen molar-refractivity contribution in [2.24, 2.45) is 0 Å².